The zero-order valence-electron chi connectivity index (χ0n) is 12.7. The van der Waals surface area contributed by atoms with Crippen molar-refractivity contribution in [2.75, 3.05) is 18.0 Å². The summed E-state index contributed by atoms with van der Waals surface area (Å²) in [4.78, 5) is 2.45. The molecule has 0 spiro atoms. The molecule has 0 saturated heterocycles. The second kappa shape index (κ2) is 8.63. The first-order valence-electron chi connectivity index (χ1n) is 7.34. The molecular weight excluding hydrogens is 234 g/mol. The predicted octanol–water partition coefficient (Wildman–Crippen LogP) is 4.92. The van der Waals surface area contributed by atoms with Gasteiger partial charge >= 0.3 is 0 Å². The number of ether oxygens (including phenoxy) is 1. The van der Waals surface area contributed by atoms with Crippen molar-refractivity contribution < 1.29 is 4.74 Å². The van der Waals surface area contributed by atoms with Gasteiger partial charge in [0.1, 0.15) is 6.10 Å². The summed E-state index contributed by atoms with van der Waals surface area (Å²) >= 11 is 0. The summed E-state index contributed by atoms with van der Waals surface area (Å²) in [7, 11) is 0. The molecular formula is C17H27NO. The fraction of sp³-hybridized carbons (Fsp3) is 0.529. The standard InChI is InChI=1S/C17H27NO/c1-5-12-18(13-6-2)17-10-8-16(9-11-17)15(4)19-14-7-3/h7-11,14-15H,5-6,12-13H2,1-4H3. The normalized spacial score (nSPS) is 12.6. The molecule has 0 bridgehead atoms. The SMILES string of the molecule is CC=COC(C)c1ccc(N(CCC)CCC)cc1. The second-order valence-electron chi connectivity index (χ2n) is 4.83. The monoisotopic (exact) mass is 261 g/mol. The molecule has 0 aliphatic heterocycles. The molecule has 2 heteroatoms. The minimum absolute atomic E-state index is 0.107. The Bertz CT molecular complexity index is 363. The van der Waals surface area contributed by atoms with Gasteiger partial charge in [-0.05, 0) is 44.4 Å². The molecule has 106 valence electrons. The van der Waals surface area contributed by atoms with E-state index in [0.29, 0.717) is 0 Å². The molecule has 1 rings (SSSR count). The highest BCUT2D eigenvalue weighted by Gasteiger charge is 2.07. The van der Waals surface area contributed by atoms with E-state index < -0.39 is 0 Å². The third-order valence-corrected chi connectivity index (χ3v) is 3.13. The Labute approximate surface area is 118 Å². The topological polar surface area (TPSA) is 12.5 Å². The third-order valence-electron chi connectivity index (χ3n) is 3.13. The van der Waals surface area contributed by atoms with Crippen LogP contribution in [0.5, 0.6) is 0 Å². The van der Waals surface area contributed by atoms with Gasteiger partial charge in [0.2, 0.25) is 0 Å². The number of rotatable bonds is 8. The predicted molar refractivity (Wildman–Crippen MR) is 83.6 cm³/mol. The fourth-order valence-corrected chi connectivity index (χ4v) is 2.14. The van der Waals surface area contributed by atoms with Crippen LogP contribution in [0.2, 0.25) is 0 Å². The van der Waals surface area contributed by atoms with E-state index in [1.807, 2.05) is 13.0 Å². The quantitative estimate of drug-likeness (QED) is 0.616. The maximum atomic E-state index is 5.58. The van der Waals surface area contributed by atoms with Crippen LogP contribution in [-0.2, 0) is 4.74 Å². The number of allylic oxidation sites excluding steroid dienone is 1. The molecule has 0 aliphatic carbocycles. The van der Waals surface area contributed by atoms with Crippen molar-refractivity contribution in [3.8, 4) is 0 Å². The highest BCUT2D eigenvalue weighted by atomic mass is 16.5. The number of hydrogen-bond donors (Lipinski definition) is 0. The Morgan fingerprint density at radius 1 is 1.11 bits per heavy atom. The van der Waals surface area contributed by atoms with Crippen LogP contribution in [0.3, 0.4) is 0 Å². The van der Waals surface area contributed by atoms with Crippen LogP contribution in [0.25, 0.3) is 0 Å². The van der Waals surface area contributed by atoms with Gasteiger partial charge in [0.05, 0.1) is 6.26 Å². The highest BCUT2D eigenvalue weighted by molar-refractivity contribution is 5.47. The van der Waals surface area contributed by atoms with Crippen molar-refractivity contribution in [2.45, 2.75) is 46.6 Å². The summed E-state index contributed by atoms with van der Waals surface area (Å²) in [6.45, 7) is 10.7. The molecule has 0 amide bonds. The largest absolute Gasteiger partial charge is 0.494 e. The Kier molecular flexibility index (Phi) is 7.09. The van der Waals surface area contributed by atoms with E-state index in [1.54, 1.807) is 6.26 Å². The molecule has 1 aromatic carbocycles. The van der Waals surface area contributed by atoms with E-state index in [2.05, 4.69) is 49.9 Å². The first kappa shape index (κ1) is 15.6. The molecule has 1 unspecified atom stereocenters. The molecule has 1 aromatic rings. The van der Waals surface area contributed by atoms with Crippen molar-refractivity contribution in [1.29, 1.82) is 0 Å². The summed E-state index contributed by atoms with van der Waals surface area (Å²) in [6, 6.07) is 8.75. The van der Waals surface area contributed by atoms with Crippen LogP contribution in [0.4, 0.5) is 5.69 Å². The van der Waals surface area contributed by atoms with Crippen LogP contribution >= 0.6 is 0 Å². The average Bonchev–Trinajstić information content (AvgIpc) is 2.44. The lowest BCUT2D eigenvalue weighted by molar-refractivity contribution is 0.164. The van der Waals surface area contributed by atoms with Crippen LogP contribution in [0, 0.1) is 0 Å². The molecule has 0 aliphatic rings. The maximum absolute atomic E-state index is 5.58. The summed E-state index contributed by atoms with van der Waals surface area (Å²) in [5.41, 5.74) is 2.53. The zero-order chi connectivity index (χ0) is 14.1. The van der Waals surface area contributed by atoms with Gasteiger partial charge in [0.25, 0.3) is 0 Å². The smallest absolute Gasteiger partial charge is 0.120 e. The molecule has 0 aromatic heterocycles. The summed E-state index contributed by atoms with van der Waals surface area (Å²) in [6.07, 6.45) is 6.13. The fourth-order valence-electron chi connectivity index (χ4n) is 2.14. The highest BCUT2D eigenvalue weighted by Crippen LogP contribution is 2.22. The van der Waals surface area contributed by atoms with Gasteiger partial charge in [0, 0.05) is 18.8 Å². The van der Waals surface area contributed by atoms with E-state index >= 15 is 0 Å². The average molecular weight is 261 g/mol. The molecule has 0 saturated carbocycles. The van der Waals surface area contributed by atoms with Crippen molar-refractivity contribution in [3.05, 3.63) is 42.2 Å². The molecule has 2 nitrogen and oxygen atoms in total. The van der Waals surface area contributed by atoms with Gasteiger partial charge in [0.15, 0.2) is 0 Å². The Morgan fingerprint density at radius 3 is 2.16 bits per heavy atom. The van der Waals surface area contributed by atoms with Crippen LogP contribution in [-0.4, -0.2) is 13.1 Å². The van der Waals surface area contributed by atoms with Gasteiger partial charge in [-0.15, -0.1) is 0 Å². The minimum atomic E-state index is 0.107. The van der Waals surface area contributed by atoms with Crippen LogP contribution < -0.4 is 4.90 Å². The zero-order valence-corrected chi connectivity index (χ0v) is 12.7. The molecule has 0 fully saturated rings. The Hall–Kier alpha value is -1.44. The van der Waals surface area contributed by atoms with Crippen molar-refractivity contribution in [1.82, 2.24) is 0 Å². The van der Waals surface area contributed by atoms with Crippen molar-refractivity contribution in [2.24, 2.45) is 0 Å². The van der Waals surface area contributed by atoms with E-state index in [9.17, 15) is 0 Å². The number of nitrogens with zero attached hydrogens (tertiary/aromatic N) is 1. The van der Waals surface area contributed by atoms with Crippen molar-refractivity contribution >= 4 is 5.69 Å². The molecule has 0 heterocycles. The Morgan fingerprint density at radius 2 is 1.68 bits per heavy atom. The van der Waals surface area contributed by atoms with E-state index in [4.69, 9.17) is 4.74 Å². The van der Waals surface area contributed by atoms with E-state index in [0.717, 1.165) is 13.1 Å². The number of benzene rings is 1. The minimum Gasteiger partial charge on any atom is -0.494 e. The first-order chi connectivity index (χ1) is 9.22. The summed E-state index contributed by atoms with van der Waals surface area (Å²) in [5.74, 6) is 0. The second-order valence-corrected chi connectivity index (χ2v) is 4.83. The van der Waals surface area contributed by atoms with E-state index in [-0.39, 0.29) is 6.10 Å². The lowest BCUT2D eigenvalue weighted by Crippen LogP contribution is -2.24. The van der Waals surface area contributed by atoms with Crippen molar-refractivity contribution in [3.63, 3.8) is 0 Å². The molecule has 0 radical (unpaired) electrons. The number of anilines is 1. The van der Waals surface area contributed by atoms with Crippen LogP contribution in [0.15, 0.2) is 36.6 Å². The molecule has 19 heavy (non-hydrogen) atoms. The van der Waals surface area contributed by atoms with E-state index in [1.165, 1.54) is 24.1 Å². The van der Waals surface area contributed by atoms with Crippen LogP contribution in [0.1, 0.15) is 52.2 Å². The van der Waals surface area contributed by atoms with Gasteiger partial charge in [-0.1, -0.05) is 32.1 Å². The van der Waals surface area contributed by atoms with Gasteiger partial charge in [-0.25, -0.2) is 0 Å². The third kappa shape index (κ3) is 4.98. The number of hydrogen-bond acceptors (Lipinski definition) is 2. The van der Waals surface area contributed by atoms with Gasteiger partial charge in [-0.3, -0.25) is 0 Å². The maximum Gasteiger partial charge on any atom is 0.120 e. The van der Waals surface area contributed by atoms with Gasteiger partial charge < -0.3 is 9.64 Å². The summed E-state index contributed by atoms with van der Waals surface area (Å²) in [5, 5.41) is 0. The summed E-state index contributed by atoms with van der Waals surface area (Å²) < 4.78 is 5.58. The molecule has 0 N–H and O–H groups in total. The van der Waals surface area contributed by atoms with Gasteiger partial charge in [-0.2, -0.15) is 0 Å². The first-order valence-corrected chi connectivity index (χ1v) is 7.34. The molecule has 1 atom stereocenters. The lowest BCUT2D eigenvalue weighted by atomic mass is 10.1. The Balaban J connectivity index is 2.73. The lowest BCUT2D eigenvalue weighted by Gasteiger charge is -2.24.